The van der Waals surface area contributed by atoms with Crippen LogP contribution in [0.3, 0.4) is 0 Å². The average molecular weight is 143 g/mol. The summed E-state index contributed by atoms with van der Waals surface area (Å²) in [7, 11) is 0. The Kier molecular flexibility index (Phi) is 4.11. The molecule has 0 aromatic heterocycles. The van der Waals surface area contributed by atoms with Gasteiger partial charge in [0.05, 0.1) is 6.61 Å². The highest BCUT2D eigenvalue weighted by molar-refractivity contribution is 6.25. The van der Waals surface area contributed by atoms with E-state index in [1.165, 1.54) is 6.92 Å². The van der Waals surface area contributed by atoms with Crippen LogP contribution in [-0.4, -0.2) is 24.7 Å². The van der Waals surface area contributed by atoms with Crippen molar-refractivity contribution in [1.82, 2.24) is 0 Å². The minimum Gasteiger partial charge on any atom is -0.462 e. The quantitative estimate of drug-likeness (QED) is 0.409. The molecule has 0 aliphatic carbocycles. The number of carbonyl (C=O) groups is 2. The molecule has 0 aromatic carbocycles. The van der Waals surface area contributed by atoms with Gasteiger partial charge in [0.25, 0.3) is 0 Å². The zero-order valence-electron chi connectivity index (χ0n) is 5.96. The van der Waals surface area contributed by atoms with Crippen LogP contribution in [0.15, 0.2) is 4.99 Å². The van der Waals surface area contributed by atoms with E-state index in [4.69, 9.17) is 0 Å². The van der Waals surface area contributed by atoms with Crippen molar-refractivity contribution in [3.8, 4) is 0 Å². The van der Waals surface area contributed by atoms with Crippen molar-refractivity contribution in [2.45, 2.75) is 13.8 Å². The summed E-state index contributed by atoms with van der Waals surface area (Å²) in [5.74, 6) is -0.995. The summed E-state index contributed by atoms with van der Waals surface area (Å²) in [6.07, 6.45) is 0.867. The molecule has 0 aliphatic heterocycles. The van der Waals surface area contributed by atoms with Gasteiger partial charge in [-0.25, -0.2) is 9.79 Å². The van der Waals surface area contributed by atoms with Crippen LogP contribution < -0.4 is 0 Å². The van der Waals surface area contributed by atoms with E-state index in [0.29, 0.717) is 6.61 Å². The molecular weight excluding hydrogens is 134 g/mol. The number of ether oxygens (including phenoxy) is 1. The lowest BCUT2D eigenvalue weighted by Gasteiger charge is -1.91. The number of aliphatic imine (C=N–C) groups is 1. The molecule has 0 fully saturated rings. The number of hydrogen-bond donors (Lipinski definition) is 0. The third-order valence-electron chi connectivity index (χ3n) is 0.638. The molecule has 0 bridgehead atoms. The van der Waals surface area contributed by atoms with Gasteiger partial charge in [-0.1, -0.05) is 0 Å². The van der Waals surface area contributed by atoms with Gasteiger partial charge in [0.15, 0.2) is 0 Å². The Bertz CT molecular complexity index is 162. The minimum atomic E-state index is -0.585. The zero-order chi connectivity index (χ0) is 7.98. The molecule has 0 aliphatic rings. The van der Waals surface area contributed by atoms with Crippen LogP contribution >= 0.6 is 0 Å². The van der Waals surface area contributed by atoms with Crippen molar-refractivity contribution >= 4 is 18.1 Å². The van der Waals surface area contributed by atoms with Gasteiger partial charge in [-0.3, -0.25) is 4.79 Å². The van der Waals surface area contributed by atoms with E-state index < -0.39 is 11.9 Å². The number of hydrogen-bond acceptors (Lipinski definition) is 3. The van der Waals surface area contributed by atoms with Gasteiger partial charge >= 0.3 is 5.97 Å². The SMILES string of the molecule is CCOC(=O)/C=N/C(C)=O. The monoisotopic (exact) mass is 143 g/mol. The Morgan fingerprint density at radius 1 is 1.60 bits per heavy atom. The van der Waals surface area contributed by atoms with Crippen LogP contribution in [0.2, 0.25) is 0 Å². The van der Waals surface area contributed by atoms with E-state index in [0.717, 1.165) is 6.21 Å². The van der Waals surface area contributed by atoms with Crippen LogP contribution in [0.5, 0.6) is 0 Å². The van der Waals surface area contributed by atoms with E-state index >= 15 is 0 Å². The summed E-state index contributed by atoms with van der Waals surface area (Å²) in [4.78, 5) is 23.8. The maximum Gasteiger partial charge on any atom is 0.349 e. The molecule has 4 heteroatoms. The molecule has 1 amide bonds. The number of nitrogens with zero attached hydrogens (tertiary/aromatic N) is 1. The molecule has 0 aromatic rings. The first kappa shape index (κ1) is 8.81. The van der Waals surface area contributed by atoms with Gasteiger partial charge in [0.2, 0.25) is 5.91 Å². The summed E-state index contributed by atoms with van der Waals surface area (Å²) >= 11 is 0. The van der Waals surface area contributed by atoms with Crippen LogP contribution in [0.4, 0.5) is 0 Å². The van der Waals surface area contributed by atoms with Gasteiger partial charge in [-0.15, -0.1) is 0 Å². The van der Waals surface area contributed by atoms with Gasteiger partial charge in [0, 0.05) is 6.92 Å². The first-order valence-electron chi connectivity index (χ1n) is 2.88. The van der Waals surface area contributed by atoms with Crippen molar-refractivity contribution in [3.05, 3.63) is 0 Å². The van der Waals surface area contributed by atoms with Gasteiger partial charge in [0.1, 0.15) is 6.21 Å². The Morgan fingerprint density at radius 2 is 2.20 bits per heavy atom. The van der Waals surface area contributed by atoms with Crippen LogP contribution in [0.1, 0.15) is 13.8 Å². The summed E-state index contributed by atoms with van der Waals surface area (Å²) in [5, 5.41) is 0. The molecule has 0 saturated carbocycles. The van der Waals surface area contributed by atoms with E-state index in [1.807, 2.05) is 0 Å². The maximum absolute atomic E-state index is 10.4. The lowest BCUT2D eigenvalue weighted by molar-refractivity contribution is -0.134. The topological polar surface area (TPSA) is 55.7 Å². The van der Waals surface area contributed by atoms with Crippen LogP contribution in [-0.2, 0) is 14.3 Å². The van der Waals surface area contributed by atoms with E-state index in [2.05, 4.69) is 9.73 Å². The highest BCUT2D eigenvalue weighted by atomic mass is 16.5. The van der Waals surface area contributed by atoms with Crippen molar-refractivity contribution in [3.63, 3.8) is 0 Å². The molecule has 0 heterocycles. The number of rotatable bonds is 2. The lowest BCUT2D eigenvalue weighted by Crippen LogP contribution is -2.05. The second-order valence-electron chi connectivity index (χ2n) is 1.53. The number of esters is 1. The molecule has 0 unspecified atom stereocenters. The minimum absolute atomic E-state index is 0.294. The molecular formula is C6H9NO3. The highest BCUT2D eigenvalue weighted by Crippen LogP contribution is 1.74. The Morgan fingerprint density at radius 3 is 2.60 bits per heavy atom. The summed E-state index contributed by atoms with van der Waals surface area (Å²) in [6, 6.07) is 0. The van der Waals surface area contributed by atoms with E-state index in [1.54, 1.807) is 6.92 Å². The summed E-state index contributed by atoms with van der Waals surface area (Å²) < 4.78 is 4.45. The van der Waals surface area contributed by atoms with Crippen molar-refractivity contribution in [2.24, 2.45) is 4.99 Å². The average Bonchev–Trinajstić information content (AvgIpc) is 1.85. The highest BCUT2D eigenvalue weighted by Gasteiger charge is 1.93. The van der Waals surface area contributed by atoms with Gasteiger partial charge < -0.3 is 4.74 Å². The molecule has 0 saturated heterocycles. The van der Waals surface area contributed by atoms with Crippen LogP contribution in [0.25, 0.3) is 0 Å². The Hall–Kier alpha value is -1.19. The molecule has 0 spiro atoms. The predicted octanol–water partition coefficient (Wildman–Crippen LogP) is 0.167. The van der Waals surface area contributed by atoms with Crippen molar-refractivity contribution in [2.75, 3.05) is 6.61 Å². The fourth-order valence-electron chi connectivity index (χ4n) is 0.323. The van der Waals surface area contributed by atoms with Crippen LogP contribution in [0, 0.1) is 0 Å². The third-order valence-corrected chi connectivity index (χ3v) is 0.638. The largest absolute Gasteiger partial charge is 0.462 e. The lowest BCUT2D eigenvalue weighted by atomic mass is 10.7. The molecule has 4 nitrogen and oxygen atoms in total. The molecule has 0 atom stereocenters. The van der Waals surface area contributed by atoms with Gasteiger partial charge in [-0.2, -0.15) is 0 Å². The maximum atomic E-state index is 10.4. The van der Waals surface area contributed by atoms with Gasteiger partial charge in [-0.05, 0) is 6.92 Å². The number of carbonyl (C=O) groups excluding carboxylic acids is 2. The van der Waals surface area contributed by atoms with E-state index in [-0.39, 0.29) is 0 Å². The van der Waals surface area contributed by atoms with E-state index in [9.17, 15) is 9.59 Å². The second-order valence-corrected chi connectivity index (χ2v) is 1.53. The predicted molar refractivity (Wildman–Crippen MR) is 35.8 cm³/mol. The summed E-state index contributed by atoms with van der Waals surface area (Å²) in [6.45, 7) is 3.23. The molecule has 0 rings (SSSR count). The normalized spacial score (nSPS) is 9.80. The first-order chi connectivity index (χ1) is 4.66. The Balaban J connectivity index is 3.67. The second kappa shape index (κ2) is 4.67. The first-order valence-corrected chi connectivity index (χ1v) is 2.88. The standard InChI is InChI=1S/C6H9NO3/c1-3-10-6(9)4-7-5(2)8/h4H,3H2,1-2H3/b7-4+. The van der Waals surface area contributed by atoms with Crippen molar-refractivity contribution < 1.29 is 14.3 Å². The molecule has 0 N–H and O–H groups in total. The van der Waals surface area contributed by atoms with Crippen molar-refractivity contribution in [1.29, 1.82) is 0 Å². The third kappa shape index (κ3) is 4.96. The fraction of sp³-hybridized carbons (Fsp3) is 0.500. The fourth-order valence-corrected chi connectivity index (χ4v) is 0.323. The molecule has 0 radical (unpaired) electrons. The smallest absolute Gasteiger partial charge is 0.349 e. The Labute approximate surface area is 58.9 Å². The molecule has 10 heavy (non-hydrogen) atoms. The number of amides is 1. The summed E-state index contributed by atoms with van der Waals surface area (Å²) in [5.41, 5.74) is 0. The zero-order valence-corrected chi connectivity index (χ0v) is 5.96. The molecule has 56 valence electrons.